The van der Waals surface area contributed by atoms with Gasteiger partial charge in [-0.1, -0.05) is 30.3 Å². The largest absolute Gasteiger partial charge is 0.335 e. The number of hydrogen-bond donors (Lipinski definition) is 1. The van der Waals surface area contributed by atoms with Crippen LogP contribution in [0.2, 0.25) is 5.02 Å². The maximum atomic E-state index is 12.8. The van der Waals surface area contributed by atoms with Gasteiger partial charge in [0.1, 0.15) is 0 Å². The van der Waals surface area contributed by atoms with Gasteiger partial charge in [-0.3, -0.25) is 4.79 Å². The number of fused-ring (bicyclic) bond motifs is 1. The normalized spacial score (nSPS) is 20.3. The molecule has 1 aliphatic heterocycles. The number of sulfone groups is 1. The van der Waals surface area contributed by atoms with Gasteiger partial charge in [-0.15, -0.1) is 0 Å². The first-order chi connectivity index (χ1) is 12.3. The Morgan fingerprint density at radius 3 is 2.92 bits per heavy atom. The topological polar surface area (TPSA) is 83.1 Å². The minimum Gasteiger partial charge on any atom is -0.335 e. The van der Waals surface area contributed by atoms with Crippen molar-refractivity contribution in [3.05, 3.63) is 23.2 Å². The summed E-state index contributed by atoms with van der Waals surface area (Å²) in [4.78, 5) is 22.2. The van der Waals surface area contributed by atoms with Crippen LogP contribution in [0, 0.1) is 0 Å². The van der Waals surface area contributed by atoms with Crippen molar-refractivity contribution in [3.63, 3.8) is 0 Å². The number of imidazole rings is 1. The molecule has 6 nitrogen and oxygen atoms in total. The fraction of sp³-hybridized carbons (Fsp3) is 0.529. The van der Waals surface area contributed by atoms with Crippen molar-refractivity contribution in [3.8, 4) is 0 Å². The zero-order valence-corrected chi connectivity index (χ0v) is 17.1. The van der Waals surface area contributed by atoms with Crippen molar-refractivity contribution in [2.75, 3.05) is 17.3 Å². The summed E-state index contributed by atoms with van der Waals surface area (Å²) in [5, 5.41) is 1.28. The molecular formula is C17H22ClN3O3S2. The number of H-pyrrole nitrogens is 1. The van der Waals surface area contributed by atoms with Crippen molar-refractivity contribution in [2.24, 2.45) is 0 Å². The van der Waals surface area contributed by atoms with Crippen molar-refractivity contribution in [1.82, 2.24) is 14.9 Å². The Balaban J connectivity index is 1.70. The van der Waals surface area contributed by atoms with Gasteiger partial charge in [-0.25, -0.2) is 13.4 Å². The molecule has 1 amide bonds. The summed E-state index contributed by atoms with van der Waals surface area (Å²) in [6, 6.07) is 5.18. The molecule has 9 heteroatoms. The lowest BCUT2D eigenvalue weighted by molar-refractivity contribution is -0.132. The highest BCUT2D eigenvalue weighted by atomic mass is 35.5. The molecule has 0 radical (unpaired) electrons. The number of thioether (sulfide) groups is 1. The van der Waals surface area contributed by atoms with Crippen LogP contribution in [0.15, 0.2) is 23.4 Å². The highest BCUT2D eigenvalue weighted by molar-refractivity contribution is 7.99. The van der Waals surface area contributed by atoms with Crippen molar-refractivity contribution >= 4 is 50.1 Å². The van der Waals surface area contributed by atoms with E-state index in [0.29, 0.717) is 16.6 Å². The predicted molar refractivity (Wildman–Crippen MR) is 105 cm³/mol. The summed E-state index contributed by atoms with van der Waals surface area (Å²) in [7, 11) is -3.04. The fourth-order valence-electron chi connectivity index (χ4n) is 3.23. The van der Waals surface area contributed by atoms with Crippen LogP contribution in [-0.4, -0.2) is 58.5 Å². The van der Waals surface area contributed by atoms with Crippen LogP contribution in [0.3, 0.4) is 0 Å². The molecule has 0 spiro atoms. The number of benzene rings is 1. The van der Waals surface area contributed by atoms with Crippen LogP contribution in [0.4, 0.5) is 0 Å². The summed E-state index contributed by atoms with van der Waals surface area (Å²) >= 11 is 7.30. The van der Waals surface area contributed by atoms with Gasteiger partial charge in [0, 0.05) is 17.1 Å². The number of carbonyl (C=O) groups excluding carboxylic acids is 1. The lowest BCUT2D eigenvalue weighted by Gasteiger charge is -2.33. The molecule has 0 aliphatic carbocycles. The van der Waals surface area contributed by atoms with Crippen molar-refractivity contribution < 1.29 is 13.2 Å². The minimum absolute atomic E-state index is 0.0101. The number of nitrogens with one attached hydrogen (secondary N) is 1. The zero-order valence-electron chi connectivity index (χ0n) is 14.7. The first-order valence-corrected chi connectivity index (χ1v) is 11.8. The lowest BCUT2D eigenvalue weighted by atomic mass is 10.1. The number of aromatic amines is 1. The molecule has 0 unspecified atom stereocenters. The Labute approximate surface area is 162 Å². The van der Waals surface area contributed by atoms with Gasteiger partial charge in [-0.05, 0) is 38.0 Å². The third-order valence-electron chi connectivity index (χ3n) is 4.71. The number of hydrogen-bond acceptors (Lipinski definition) is 5. The van der Waals surface area contributed by atoms with E-state index in [4.69, 9.17) is 11.6 Å². The van der Waals surface area contributed by atoms with Crippen LogP contribution >= 0.6 is 23.4 Å². The second-order valence-corrected chi connectivity index (χ2v) is 10.2. The molecule has 1 aromatic carbocycles. The first-order valence-electron chi connectivity index (χ1n) is 8.58. The maximum absolute atomic E-state index is 12.8. The summed E-state index contributed by atoms with van der Waals surface area (Å²) in [6.45, 7) is 3.97. The van der Waals surface area contributed by atoms with E-state index in [9.17, 15) is 13.2 Å². The molecule has 26 heavy (non-hydrogen) atoms. The van der Waals surface area contributed by atoms with E-state index in [0.717, 1.165) is 17.5 Å². The van der Waals surface area contributed by atoms with Gasteiger partial charge in [0.2, 0.25) is 5.91 Å². The molecule has 1 N–H and O–H groups in total. The SMILES string of the molecule is CC[C@@H](C)N(C(=O)CSc1nc2ccc(Cl)cc2[nH]1)[C@@H]1CCS(=O)(=O)C1. The molecule has 1 aromatic heterocycles. The average Bonchev–Trinajstić information content (AvgIpc) is 3.15. The van der Waals surface area contributed by atoms with Gasteiger partial charge in [0.05, 0.1) is 28.3 Å². The zero-order chi connectivity index (χ0) is 18.9. The van der Waals surface area contributed by atoms with E-state index in [1.165, 1.54) is 11.8 Å². The monoisotopic (exact) mass is 415 g/mol. The molecule has 0 saturated carbocycles. The Hall–Kier alpha value is -1.25. The van der Waals surface area contributed by atoms with Crippen LogP contribution in [0.1, 0.15) is 26.7 Å². The second-order valence-electron chi connectivity index (χ2n) is 6.61. The quantitative estimate of drug-likeness (QED) is 0.733. The molecular weight excluding hydrogens is 394 g/mol. The molecule has 142 valence electrons. The molecule has 1 aliphatic rings. The van der Waals surface area contributed by atoms with E-state index in [1.54, 1.807) is 17.0 Å². The number of rotatable bonds is 6. The van der Waals surface area contributed by atoms with Crippen LogP contribution in [-0.2, 0) is 14.6 Å². The Kier molecular flexibility index (Phi) is 5.84. The number of aromatic nitrogens is 2. The number of nitrogens with zero attached hydrogens (tertiary/aromatic N) is 2. The molecule has 2 aromatic rings. The molecule has 3 rings (SSSR count). The minimum atomic E-state index is -3.04. The Morgan fingerprint density at radius 1 is 1.50 bits per heavy atom. The van der Waals surface area contributed by atoms with E-state index >= 15 is 0 Å². The third-order valence-corrected chi connectivity index (χ3v) is 7.55. The maximum Gasteiger partial charge on any atom is 0.233 e. The molecule has 2 heterocycles. The van der Waals surface area contributed by atoms with Crippen molar-refractivity contribution in [1.29, 1.82) is 0 Å². The smallest absolute Gasteiger partial charge is 0.233 e. The van der Waals surface area contributed by atoms with Crippen LogP contribution in [0.25, 0.3) is 11.0 Å². The predicted octanol–water partition coefficient (Wildman–Crippen LogP) is 3.12. The van der Waals surface area contributed by atoms with Gasteiger partial charge in [0.25, 0.3) is 0 Å². The average molecular weight is 416 g/mol. The second kappa shape index (κ2) is 7.78. The van der Waals surface area contributed by atoms with E-state index in [-0.39, 0.29) is 35.2 Å². The number of amides is 1. The number of carbonyl (C=O) groups is 1. The summed E-state index contributed by atoms with van der Waals surface area (Å²) in [5.74, 6) is 0.394. The first kappa shape index (κ1) is 19.5. The Bertz CT molecular complexity index is 913. The standard InChI is InChI=1S/C17H22ClN3O3S2/c1-3-11(2)21(13-6-7-26(23,24)10-13)16(22)9-25-17-19-14-5-4-12(18)8-15(14)20-17/h4-5,8,11,13H,3,6-7,9-10H2,1-2H3,(H,19,20)/t11-,13-/m1/s1. The molecule has 1 saturated heterocycles. The van der Waals surface area contributed by atoms with Crippen LogP contribution in [0.5, 0.6) is 0 Å². The molecule has 1 fully saturated rings. The van der Waals surface area contributed by atoms with Gasteiger partial charge < -0.3 is 9.88 Å². The van der Waals surface area contributed by atoms with E-state index in [1.807, 2.05) is 19.9 Å². The highest BCUT2D eigenvalue weighted by Crippen LogP contribution is 2.25. The third kappa shape index (κ3) is 4.35. The fourth-order valence-corrected chi connectivity index (χ4v) is 5.87. The van der Waals surface area contributed by atoms with Gasteiger partial charge in [0.15, 0.2) is 15.0 Å². The Morgan fingerprint density at radius 2 is 2.27 bits per heavy atom. The molecule has 0 bridgehead atoms. The lowest BCUT2D eigenvalue weighted by Crippen LogP contribution is -2.47. The highest BCUT2D eigenvalue weighted by Gasteiger charge is 2.36. The van der Waals surface area contributed by atoms with Crippen molar-refractivity contribution in [2.45, 2.75) is 43.9 Å². The van der Waals surface area contributed by atoms with Gasteiger partial charge >= 0.3 is 0 Å². The summed E-state index contributed by atoms with van der Waals surface area (Å²) in [5.41, 5.74) is 1.62. The van der Waals surface area contributed by atoms with E-state index < -0.39 is 9.84 Å². The van der Waals surface area contributed by atoms with Crippen LogP contribution < -0.4 is 0 Å². The summed E-state index contributed by atoms with van der Waals surface area (Å²) in [6.07, 6.45) is 1.31. The number of halogens is 1. The summed E-state index contributed by atoms with van der Waals surface area (Å²) < 4.78 is 23.6. The van der Waals surface area contributed by atoms with Gasteiger partial charge in [-0.2, -0.15) is 0 Å². The molecule has 2 atom stereocenters. The van der Waals surface area contributed by atoms with E-state index in [2.05, 4.69) is 9.97 Å².